The highest BCUT2D eigenvalue weighted by Gasteiger charge is 2.31. The highest BCUT2D eigenvalue weighted by Crippen LogP contribution is 2.25. The Kier molecular flexibility index (Phi) is 6.61. The molecule has 32 heavy (non-hydrogen) atoms. The van der Waals surface area contributed by atoms with Crippen LogP contribution in [0.3, 0.4) is 0 Å². The van der Waals surface area contributed by atoms with Crippen molar-refractivity contribution in [1.29, 1.82) is 0 Å². The van der Waals surface area contributed by atoms with Crippen molar-refractivity contribution in [3.8, 4) is 5.75 Å². The van der Waals surface area contributed by atoms with Crippen molar-refractivity contribution >= 4 is 28.6 Å². The molecule has 0 radical (unpaired) electrons. The Morgan fingerprint density at radius 3 is 2.53 bits per heavy atom. The third-order valence-electron chi connectivity index (χ3n) is 4.19. The highest BCUT2D eigenvalue weighted by molar-refractivity contribution is 5.97. The first kappa shape index (κ1) is 22.6. The van der Waals surface area contributed by atoms with Gasteiger partial charge in [-0.15, -0.1) is 13.2 Å². The number of carbonyl (C=O) groups excluding carboxylic acids is 3. The molecule has 3 aromatic rings. The molecule has 0 aliphatic heterocycles. The molecular formula is C20H18F3N5O4. The van der Waals surface area contributed by atoms with Gasteiger partial charge in [-0.05, 0) is 24.3 Å². The zero-order valence-corrected chi connectivity index (χ0v) is 16.7. The molecule has 0 aliphatic carbocycles. The summed E-state index contributed by atoms with van der Waals surface area (Å²) in [5, 5.41) is 6.90. The van der Waals surface area contributed by atoms with Gasteiger partial charge in [0.2, 0.25) is 5.91 Å². The number of halogens is 3. The first-order chi connectivity index (χ1) is 15.1. The fraction of sp³-hybridized carbons (Fsp3) is 0.200. The Balaban J connectivity index is 1.52. The van der Waals surface area contributed by atoms with Gasteiger partial charge in [0.15, 0.2) is 0 Å². The lowest BCUT2D eigenvalue weighted by atomic mass is 10.2. The molecule has 0 atom stereocenters. The van der Waals surface area contributed by atoms with E-state index in [9.17, 15) is 27.6 Å². The largest absolute Gasteiger partial charge is 0.573 e. The van der Waals surface area contributed by atoms with Crippen LogP contribution in [0.25, 0.3) is 10.9 Å². The monoisotopic (exact) mass is 449 g/mol. The number of amides is 3. The number of hydrogen-bond donors (Lipinski definition) is 2. The summed E-state index contributed by atoms with van der Waals surface area (Å²) in [5.41, 5.74) is 2.96. The van der Waals surface area contributed by atoms with Crippen molar-refractivity contribution in [2.24, 2.45) is 0 Å². The second kappa shape index (κ2) is 9.37. The van der Waals surface area contributed by atoms with Crippen LogP contribution in [0.5, 0.6) is 5.75 Å². The molecule has 2 aromatic carbocycles. The minimum absolute atomic E-state index is 0.167. The van der Waals surface area contributed by atoms with Crippen LogP contribution in [0.15, 0.2) is 54.7 Å². The Bertz CT molecular complexity index is 1130. The van der Waals surface area contributed by atoms with Crippen molar-refractivity contribution < 1.29 is 32.3 Å². The minimum atomic E-state index is -4.83. The molecule has 1 heterocycles. The number of benzene rings is 2. The predicted octanol–water partition coefficient (Wildman–Crippen LogP) is 1.89. The standard InChI is InChI=1S/C20H18F3N5O4/c1-27(18(30)10-24-19(31)13-5-3-2-4-6-13)12-17(29)26-28-11-14-7-8-15(9-16(14)25-28)32-20(21,22)23/h2-9,11H,10,12H2,1H3,(H,24,31)(H,26,29). The molecule has 9 nitrogen and oxygen atoms in total. The van der Waals surface area contributed by atoms with Gasteiger partial charge in [-0.25, -0.2) is 5.43 Å². The van der Waals surface area contributed by atoms with E-state index in [0.29, 0.717) is 10.9 Å². The molecule has 2 N–H and O–H groups in total. The minimum Gasteiger partial charge on any atom is -0.406 e. The number of hydrogen-bond acceptors (Lipinski definition) is 5. The number of likely N-dealkylation sites (N-methyl/N-ethyl adjacent to an activating group) is 1. The predicted molar refractivity (Wildman–Crippen MR) is 107 cm³/mol. The second-order valence-corrected chi connectivity index (χ2v) is 6.68. The van der Waals surface area contributed by atoms with Gasteiger partial charge in [-0.2, -0.15) is 9.89 Å². The third kappa shape index (κ3) is 6.20. The summed E-state index contributed by atoms with van der Waals surface area (Å²) in [4.78, 5) is 38.5. The Morgan fingerprint density at radius 2 is 1.84 bits per heavy atom. The second-order valence-electron chi connectivity index (χ2n) is 6.68. The molecule has 0 spiro atoms. The lowest BCUT2D eigenvalue weighted by Gasteiger charge is -2.17. The summed E-state index contributed by atoms with van der Waals surface area (Å²) in [6.07, 6.45) is -3.44. The maximum absolute atomic E-state index is 12.3. The molecular weight excluding hydrogens is 431 g/mol. The van der Waals surface area contributed by atoms with E-state index in [2.05, 4.69) is 20.6 Å². The zero-order chi connectivity index (χ0) is 23.3. The number of fused-ring (bicyclic) bond motifs is 1. The van der Waals surface area contributed by atoms with Gasteiger partial charge in [0.05, 0.1) is 18.3 Å². The van der Waals surface area contributed by atoms with Gasteiger partial charge in [0, 0.05) is 24.1 Å². The zero-order valence-electron chi connectivity index (χ0n) is 16.7. The van der Waals surface area contributed by atoms with Gasteiger partial charge in [0.25, 0.3) is 11.8 Å². The smallest absolute Gasteiger partial charge is 0.406 e. The molecule has 0 fully saturated rings. The van der Waals surface area contributed by atoms with E-state index in [1.165, 1.54) is 19.3 Å². The van der Waals surface area contributed by atoms with Crippen LogP contribution in [-0.4, -0.2) is 59.0 Å². The summed E-state index contributed by atoms with van der Waals surface area (Å²) >= 11 is 0. The third-order valence-corrected chi connectivity index (χ3v) is 4.19. The number of alkyl halides is 3. The number of rotatable bonds is 7. The molecule has 3 amide bonds. The van der Waals surface area contributed by atoms with Crippen LogP contribution in [0, 0.1) is 0 Å². The maximum atomic E-state index is 12.3. The first-order valence-corrected chi connectivity index (χ1v) is 9.23. The fourth-order valence-electron chi connectivity index (χ4n) is 2.70. The van der Waals surface area contributed by atoms with Crippen LogP contribution in [0.2, 0.25) is 0 Å². The van der Waals surface area contributed by atoms with Crippen LogP contribution in [0.4, 0.5) is 13.2 Å². The molecule has 12 heteroatoms. The van der Waals surface area contributed by atoms with Gasteiger partial charge < -0.3 is 15.0 Å². The summed E-state index contributed by atoms with van der Waals surface area (Å²) in [5.74, 6) is -1.96. The molecule has 168 valence electrons. The maximum Gasteiger partial charge on any atom is 0.573 e. The van der Waals surface area contributed by atoms with Crippen molar-refractivity contribution in [3.05, 3.63) is 60.3 Å². The number of carbonyl (C=O) groups is 3. The summed E-state index contributed by atoms with van der Waals surface area (Å²) < 4.78 is 40.8. The van der Waals surface area contributed by atoms with Gasteiger partial charge in [-0.1, -0.05) is 18.2 Å². The van der Waals surface area contributed by atoms with E-state index in [1.807, 2.05) is 0 Å². The summed E-state index contributed by atoms with van der Waals surface area (Å²) in [6.45, 7) is -0.635. The lowest BCUT2D eigenvalue weighted by molar-refractivity contribution is -0.274. The molecule has 1 aromatic heterocycles. The Hall–Kier alpha value is -4.09. The van der Waals surface area contributed by atoms with Crippen molar-refractivity contribution in [2.75, 3.05) is 25.6 Å². The molecule has 0 bridgehead atoms. The van der Waals surface area contributed by atoms with Crippen molar-refractivity contribution in [3.63, 3.8) is 0 Å². The summed E-state index contributed by atoms with van der Waals surface area (Å²) in [7, 11) is 1.39. The quantitative estimate of drug-likeness (QED) is 0.573. The first-order valence-electron chi connectivity index (χ1n) is 9.23. The average Bonchev–Trinajstić information content (AvgIpc) is 3.12. The molecule has 0 aliphatic rings. The van der Waals surface area contributed by atoms with Gasteiger partial charge in [0.1, 0.15) is 12.3 Å². The fourth-order valence-corrected chi connectivity index (χ4v) is 2.70. The van der Waals surface area contributed by atoms with E-state index in [-0.39, 0.29) is 18.6 Å². The summed E-state index contributed by atoms with van der Waals surface area (Å²) in [6, 6.07) is 11.9. The topological polar surface area (TPSA) is 106 Å². The number of ether oxygens (including phenoxy) is 1. The van der Waals surface area contributed by atoms with Crippen LogP contribution in [-0.2, 0) is 9.59 Å². The van der Waals surface area contributed by atoms with E-state index in [4.69, 9.17) is 0 Å². The van der Waals surface area contributed by atoms with Gasteiger partial charge in [-0.3, -0.25) is 14.4 Å². The molecule has 0 saturated carbocycles. The van der Waals surface area contributed by atoms with Crippen LogP contribution in [0.1, 0.15) is 10.4 Å². The Labute approximate surface area is 179 Å². The normalized spacial score (nSPS) is 11.1. The van der Waals surface area contributed by atoms with Crippen molar-refractivity contribution in [1.82, 2.24) is 20.1 Å². The van der Waals surface area contributed by atoms with Crippen LogP contribution >= 0.6 is 0 Å². The molecule has 3 rings (SSSR count). The van der Waals surface area contributed by atoms with E-state index in [1.54, 1.807) is 30.3 Å². The highest BCUT2D eigenvalue weighted by atomic mass is 19.4. The van der Waals surface area contributed by atoms with Gasteiger partial charge >= 0.3 is 6.36 Å². The average molecular weight is 449 g/mol. The molecule has 0 unspecified atom stereocenters. The van der Waals surface area contributed by atoms with Crippen LogP contribution < -0.4 is 15.5 Å². The number of aromatic nitrogens is 2. The number of nitrogens with zero attached hydrogens (tertiary/aromatic N) is 3. The van der Waals surface area contributed by atoms with E-state index in [0.717, 1.165) is 21.8 Å². The molecule has 0 saturated heterocycles. The lowest BCUT2D eigenvalue weighted by Crippen LogP contribution is -2.42. The van der Waals surface area contributed by atoms with Crippen molar-refractivity contribution in [2.45, 2.75) is 6.36 Å². The Morgan fingerprint density at radius 1 is 1.12 bits per heavy atom. The SMILES string of the molecule is CN(CC(=O)Nn1cc2ccc(OC(F)(F)F)cc2n1)C(=O)CNC(=O)c1ccccc1. The van der Waals surface area contributed by atoms with E-state index < -0.39 is 29.8 Å². The van der Waals surface area contributed by atoms with E-state index >= 15 is 0 Å². The number of nitrogens with one attached hydrogen (secondary N) is 2.